The lowest BCUT2D eigenvalue weighted by atomic mass is 9.93. The summed E-state index contributed by atoms with van der Waals surface area (Å²) in [6.45, 7) is 2.30. The van der Waals surface area contributed by atoms with Gasteiger partial charge in [0.25, 0.3) is 0 Å². The minimum absolute atomic E-state index is 0.349. The van der Waals surface area contributed by atoms with Gasteiger partial charge in [-0.05, 0) is 104 Å². The molecule has 0 fully saturated rings. The van der Waals surface area contributed by atoms with Crippen LogP contribution in [0.15, 0.2) is 15.6 Å². The van der Waals surface area contributed by atoms with Crippen LogP contribution in [0.5, 0.6) is 0 Å². The predicted molar refractivity (Wildman–Crippen MR) is 106 cm³/mol. The highest BCUT2D eigenvalue weighted by atomic mass is 32.2. The van der Waals surface area contributed by atoms with Crippen LogP contribution < -0.4 is 10.9 Å². The Balaban J connectivity index is 0.000000131. The van der Waals surface area contributed by atoms with Crippen molar-refractivity contribution in [3.05, 3.63) is 45.2 Å². The molecule has 0 amide bonds. The van der Waals surface area contributed by atoms with Crippen molar-refractivity contribution in [1.29, 1.82) is 0 Å². The molecule has 0 radical (unpaired) electrons. The van der Waals surface area contributed by atoms with Crippen LogP contribution in [0.2, 0.25) is 0 Å². The van der Waals surface area contributed by atoms with Crippen molar-refractivity contribution in [1.82, 2.24) is 0 Å². The number of rotatable bonds is 1. The number of benzene rings is 1. The second-order valence-electron chi connectivity index (χ2n) is 7.63. The standard InChI is InChI=1S/C13H17N.C8H11NO2S/c1-8-9-4-2-6-11(9)13(14)12-7-3-5-10(8)12;9-12-8-4-5-6(10)2-1-3-7(5)11-8/h2-7,14H2,1H3;4,6,10H,1-3,9H2. The molecule has 1 heterocycles. The van der Waals surface area contributed by atoms with Crippen molar-refractivity contribution in [3.8, 4) is 0 Å². The molecule has 0 aliphatic heterocycles. The van der Waals surface area contributed by atoms with Gasteiger partial charge in [0.1, 0.15) is 5.76 Å². The predicted octanol–water partition coefficient (Wildman–Crippen LogP) is 4.17. The van der Waals surface area contributed by atoms with Gasteiger partial charge in [0.05, 0.1) is 6.10 Å². The average molecular weight is 373 g/mol. The molecule has 2 aromatic rings. The smallest absolute Gasteiger partial charge is 0.175 e. The van der Waals surface area contributed by atoms with Gasteiger partial charge >= 0.3 is 0 Å². The van der Waals surface area contributed by atoms with Gasteiger partial charge in [0.2, 0.25) is 0 Å². The minimum Gasteiger partial charge on any atom is -0.453 e. The van der Waals surface area contributed by atoms with Gasteiger partial charge in [-0.2, -0.15) is 0 Å². The second kappa shape index (κ2) is 7.29. The fourth-order valence-electron chi connectivity index (χ4n) is 4.84. The fourth-order valence-corrected chi connectivity index (χ4v) is 5.18. The molecule has 3 aliphatic rings. The van der Waals surface area contributed by atoms with Crippen LogP contribution in [-0.4, -0.2) is 5.11 Å². The van der Waals surface area contributed by atoms with Gasteiger partial charge in [-0.15, -0.1) is 0 Å². The highest BCUT2D eigenvalue weighted by Crippen LogP contribution is 2.39. The van der Waals surface area contributed by atoms with Gasteiger partial charge < -0.3 is 15.3 Å². The fraction of sp³-hybridized carbons (Fsp3) is 0.524. The normalized spacial score (nSPS) is 20.2. The lowest BCUT2D eigenvalue weighted by Crippen LogP contribution is -2.05. The molecule has 1 aromatic carbocycles. The van der Waals surface area contributed by atoms with E-state index in [1.54, 1.807) is 16.7 Å². The Hall–Kier alpha value is -1.43. The first-order valence-electron chi connectivity index (χ1n) is 9.69. The van der Waals surface area contributed by atoms with E-state index in [2.05, 4.69) is 6.92 Å². The van der Waals surface area contributed by atoms with E-state index in [1.165, 1.54) is 49.7 Å². The van der Waals surface area contributed by atoms with Crippen LogP contribution in [0.4, 0.5) is 5.69 Å². The number of nitrogens with two attached hydrogens (primary N) is 2. The number of nitrogen functional groups attached to an aromatic ring is 1. The van der Waals surface area contributed by atoms with Gasteiger partial charge in [0, 0.05) is 17.7 Å². The van der Waals surface area contributed by atoms with Gasteiger partial charge in [-0.3, -0.25) is 5.14 Å². The largest absolute Gasteiger partial charge is 0.453 e. The average Bonchev–Trinajstić information content (AvgIpc) is 3.38. The van der Waals surface area contributed by atoms with Crippen molar-refractivity contribution in [2.75, 3.05) is 5.73 Å². The quantitative estimate of drug-likeness (QED) is 0.517. The molecule has 1 aromatic heterocycles. The van der Waals surface area contributed by atoms with Crippen LogP contribution in [0.25, 0.3) is 0 Å². The molecule has 5 heteroatoms. The van der Waals surface area contributed by atoms with Crippen LogP contribution in [0, 0.1) is 6.92 Å². The third-order valence-electron chi connectivity index (χ3n) is 6.17. The van der Waals surface area contributed by atoms with Crippen LogP contribution in [0.3, 0.4) is 0 Å². The van der Waals surface area contributed by atoms with Crippen molar-refractivity contribution in [2.45, 2.75) is 75.9 Å². The summed E-state index contributed by atoms with van der Waals surface area (Å²) in [5, 5.41) is 15.6. The Morgan fingerprint density at radius 3 is 2.19 bits per heavy atom. The maximum absolute atomic E-state index is 9.56. The summed E-state index contributed by atoms with van der Waals surface area (Å²) in [5.74, 6) is 0.904. The number of hydrogen-bond donors (Lipinski definition) is 3. The molecule has 5 rings (SSSR count). The van der Waals surface area contributed by atoms with Crippen molar-refractivity contribution >= 4 is 17.6 Å². The molecule has 0 saturated heterocycles. The van der Waals surface area contributed by atoms with Crippen molar-refractivity contribution in [2.24, 2.45) is 5.14 Å². The van der Waals surface area contributed by atoms with E-state index in [0.717, 1.165) is 48.2 Å². The molecule has 26 heavy (non-hydrogen) atoms. The van der Waals surface area contributed by atoms with Crippen LogP contribution in [0.1, 0.15) is 70.9 Å². The van der Waals surface area contributed by atoms with E-state index in [0.29, 0.717) is 5.09 Å². The van der Waals surface area contributed by atoms with E-state index in [-0.39, 0.29) is 6.10 Å². The van der Waals surface area contributed by atoms with E-state index < -0.39 is 0 Å². The van der Waals surface area contributed by atoms with Gasteiger partial charge in [-0.1, -0.05) is 0 Å². The lowest BCUT2D eigenvalue weighted by Gasteiger charge is -2.14. The zero-order chi connectivity index (χ0) is 18.3. The number of fused-ring (bicyclic) bond motifs is 3. The van der Waals surface area contributed by atoms with E-state index in [4.69, 9.17) is 15.3 Å². The number of furan rings is 1. The molecular weight excluding hydrogens is 344 g/mol. The zero-order valence-electron chi connectivity index (χ0n) is 15.4. The highest BCUT2D eigenvalue weighted by molar-refractivity contribution is 7.96. The summed E-state index contributed by atoms with van der Waals surface area (Å²) in [6.07, 6.45) is 9.98. The molecule has 4 nitrogen and oxygen atoms in total. The monoisotopic (exact) mass is 372 g/mol. The first-order chi connectivity index (χ1) is 12.6. The summed E-state index contributed by atoms with van der Waals surface area (Å²) >= 11 is 1.09. The summed E-state index contributed by atoms with van der Waals surface area (Å²) in [5.41, 5.74) is 16.0. The molecule has 1 unspecified atom stereocenters. The Labute approximate surface area is 159 Å². The van der Waals surface area contributed by atoms with Crippen molar-refractivity contribution < 1.29 is 9.52 Å². The molecule has 0 bridgehead atoms. The molecule has 3 aliphatic carbocycles. The lowest BCUT2D eigenvalue weighted by molar-refractivity contribution is 0.152. The number of aryl methyl sites for hydroxylation is 1. The third-order valence-corrected chi connectivity index (χ3v) is 6.60. The van der Waals surface area contributed by atoms with Crippen molar-refractivity contribution in [3.63, 3.8) is 0 Å². The molecule has 140 valence electrons. The summed E-state index contributed by atoms with van der Waals surface area (Å²) in [7, 11) is 0. The van der Waals surface area contributed by atoms with Gasteiger partial charge in [0.15, 0.2) is 5.09 Å². The topological polar surface area (TPSA) is 85.4 Å². The molecule has 1 atom stereocenters. The Kier molecular flexibility index (Phi) is 5.04. The zero-order valence-corrected chi connectivity index (χ0v) is 16.3. The minimum atomic E-state index is -0.349. The summed E-state index contributed by atoms with van der Waals surface area (Å²) in [4.78, 5) is 0. The van der Waals surface area contributed by atoms with Gasteiger partial charge in [-0.25, -0.2) is 0 Å². The Morgan fingerprint density at radius 2 is 1.62 bits per heavy atom. The number of hydrogen-bond acceptors (Lipinski definition) is 5. The van der Waals surface area contributed by atoms with E-state index in [9.17, 15) is 5.11 Å². The summed E-state index contributed by atoms with van der Waals surface area (Å²) < 4.78 is 5.40. The Morgan fingerprint density at radius 1 is 1.00 bits per heavy atom. The summed E-state index contributed by atoms with van der Waals surface area (Å²) in [6, 6.07) is 1.84. The SMILES string of the molecule is Cc1c2c(c(N)c3c1CCC3)CCC2.NSc1cc2c(o1)CCCC2O. The second-order valence-corrected chi connectivity index (χ2v) is 8.27. The highest BCUT2D eigenvalue weighted by Gasteiger charge is 2.25. The molecule has 0 saturated carbocycles. The maximum Gasteiger partial charge on any atom is 0.175 e. The van der Waals surface area contributed by atoms with E-state index in [1.807, 2.05) is 6.07 Å². The molecule has 0 spiro atoms. The first kappa shape index (κ1) is 18.0. The number of aliphatic hydroxyl groups excluding tert-OH is 1. The molecular formula is C21H28N2O2S. The van der Waals surface area contributed by atoms with Crippen LogP contribution in [-0.2, 0) is 32.1 Å². The van der Waals surface area contributed by atoms with E-state index >= 15 is 0 Å². The molecule has 5 N–H and O–H groups in total. The van der Waals surface area contributed by atoms with Crippen LogP contribution >= 0.6 is 11.9 Å². The number of anilines is 1. The third kappa shape index (κ3) is 3.06. The number of aliphatic hydroxyl groups is 1. The first-order valence-corrected chi connectivity index (χ1v) is 10.6. The Bertz CT molecular complexity index is 756. The maximum atomic E-state index is 9.56.